The lowest BCUT2D eigenvalue weighted by atomic mass is 10.1. The van der Waals surface area contributed by atoms with Crippen molar-refractivity contribution in [1.29, 1.82) is 0 Å². The first kappa shape index (κ1) is 8.31. The van der Waals surface area contributed by atoms with E-state index in [2.05, 4.69) is 37.2 Å². The van der Waals surface area contributed by atoms with Gasteiger partial charge >= 0.3 is 0 Å². The van der Waals surface area contributed by atoms with Gasteiger partial charge in [-0.05, 0) is 27.2 Å². The topological polar surface area (TPSA) is 17.8 Å². The number of imidazole rings is 1. The fourth-order valence-corrected chi connectivity index (χ4v) is 1.19. The van der Waals surface area contributed by atoms with E-state index in [1.54, 1.807) is 0 Å². The van der Waals surface area contributed by atoms with Crippen molar-refractivity contribution >= 4 is 0 Å². The van der Waals surface area contributed by atoms with Gasteiger partial charge in [0.05, 0.1) is 6.33 Å². The van der Waals surface area contributed by atoms with Crippen LogP contribution >= 0.6 is 0 Å². The molecule has 0 N–H and O–H groups in total. The second kappa shape index (κ2) is 2.68. The Kier molecular flexibility index (Phi) is 2.03. The Bertz CT molecular complexity index is 230. The van der Waals surface area contributed by atoms with E-state index in [1.165, 1.54) is 5.69 Å². The molecule has 1 aromatic heterocycles. The van der Waals surface area contributed by atoms with Gasteiger partial charge in [0, 0.05) is 17.4 Å². The molecule has 1 aromatic rings. The lowest BCUT2D eigenvalue weighted by Gasteiger charge is -2.22. The van der Waals surface area contributed by atoms with Crippen LogP contribution in [0.5, 0.6) is 0 Å². The monoisotopic (exact) mass is 152 g/mol. The third kappa shape index (κ3) is 1.62. The van der Waals surface area contributed by atoms with Gasteiger partial charge in [-0.15, -0.1) is 0 Å². The molecule has 0 fully saturated rings. The zero-order valence-corrected chi connectivity index (χ0v) is 7.76. The summed E-state index contributed by atoms with van der Waals surface area (Å²) in [6, 6.07) is 0. The molecule has 11 heavy (non-hydrogen) atoms. The zero-order chi connectivity index (χ0) is 8.48. The molecular weight excluding hydrogens is 136 g/mol. The summed E-state index contributed by atoms with van der Waals surface area (Å²) in [7, 11) is 0. The maximum Gasteiger partial charge on any atom is 0.0953 e. The number of aromatic nitrogens is 2. The highest BCUT2D eigenvalue weighted by molar-refractivity contribution is 5.01. The van der Waals surface area contributed by atoms with E-state index in [0.717, 1.165) is 6.42 Å². The van der Waals surface area contributed by atoms with E-state index in [-0.39, 0.29) is 5.54 Å². The summed E-state index contributed by atoms with van der Waals surface area (Å²) in [5.41, 5.74) is 1.47. The largest absolute Gasteiger partial charge is 0.329 e. The number of rotatable bonds is 1. The van der Waals surface area contributed by atoms with Crippen LogP contribution in [-0.4, -0.2) is 9.55 Å². The van der Waals surface area contributed by atoms with Gasteiger partial charge in [-0.3, -0.25) is 0 Å². The Balaban J connectivity index is 3.02. The quantitative estimate of drug-likeness (QED) is 0.603. The van der Waals surface area contributed by atoms with Crippen LogP contribution in [0.25, 0.3) is 0 Å². The molecule has 1 rings (SSSR count). The van der Waals surface area contributed by atoms with E-state index in [1.807, 2.05) is 12.5 Å². The molecule has 0 aliphatic carbocycles. The molecule has 2 nitrogen and oxygen atoms in total. The highest BCUT2D eigenvalue weighted by Gasteiger charge is 2.14. The number of hydrogen-bond donors (Lipinski definition) is 0. The minimum absolute atomic E-state index is 0.168. The third-order valence-electron chi connectivity index (χ3n) is 1.80. The Hall–Kier alpha value is -0.790. The van der Waals surface area contributed by atoms with Crippen LogP contribution in [0.1, 0.15) is 33.4 Å². The normalized spacial score (nSPS) is 12.0. The lowest BCUT2D eigenvalue weighted by molar-refractivity contribution is 0.385. The number of nitrogens with zero attached hydrogens (tertiary/aromatic N) is 2. The van der Waals surface area contributed by atoms with E-state index >= 15 is 0 Å². The minimum Gasteiger partial charge on any atom is -0.329 e. The lowest BCUT2D eigenvalue weighted by Crippen LogP contribution is -2.22. The van der Waals surface area contributed by atoms with Gasteiger partial charge in [-0.25, -0.2) is 4.98 Å². The molecule has 0 bridgehead atoms. The van der Waals surface area contributed by atoms with Gasteiger partial charge in [0.15, 0.2) is 0 Å². The van der Waals surface area contributed by atoms with Crippen molar-refractivity contribution in [2.45, 2.75) is 39.7 Å². The van der Waals surface area contributed by atoms with Crippen molar-refractivity contribution in [2.24, 2.45) is 0 Å². The maximum absolute atomic E-state index is 4.12. The number of hydrogen-bond acceptors (Lipinski definition) is 1. The van der Waals surface area contributed by atoms with Gasteiger partial charge in [0.1, 0.15) is 0 Å². The Morgan fingerprint density at radius 1 is 1.45 bits per heavy atom. The molecule has 0 amide bonds. The first-order chi connectivity index (χ1) is 5.05. The van der Waals surface area contributed by atoms with Crippen LogP contribution in [-0.2, 0) is 12.0 Å². The van der Waals surface area contributed by atoms with Crippen molar-refractivity contribution in [3.8, 4) is 0 Å². The summed E-state index contributed by atoms with van der Waals surface area (Å²) >= 11 is 0. The van der Waals surface area contributed by atoms with E-state index in [0.29, 0.717) is 0 Å². The fourth-order valence-electron chi connectivity index (χ4n) is 1.19. The molecule has 0 aromatic carbocycles. The van der Waals surface area contributed by atoms with Crippen LogP contribution in [0.15, 0.2) is 12.5 Å². The van der Waals surface area contributed by atoms with Crippen LogP contribution in [0.2, 0.25) is 0 Å². The molecule has 0 aliphatic rings. The third-order valence-corrected chi connectivity index (χ3v) is 1.80. The van der Waals surface area contributed by atoms with Gasteiger partial charge < -0.3 is 4.57 Å². The summed E-state index contributed by atoms with van der Waals surface area (Å²) in [4.78, 5) is 4.12. The van der Waals surface area contributed by atoms with Gasteiger partial charge in [-0.2, -0.15) is 0 Å². The van der Waals surface area contributed by atoms with Gasteiger partial charge in [-0.1, -0.05) is 6.92 Å². The van der Waals surface area contributed by atoms with Crippen molar-refractivity contribution in [2.75, 3.05) is 0 Å². The highest BCUT2D eigenvalue weighted by Crippen LogP contribution is 2.16. The summed E-state index contributed by atoms with van der Waals surface area (Å²) in [6.07, 6.45) is 4.89. The van der Waals surface area contributed by atoms with E-state index in [4.69, 9.17) is 0 Å². The highest BCUT2D eigenvalue weighted by atomic mass is 15.1. The molecule has 1 heterocycles. The van der Waals surface area contributed by atoms with Gasteiger partial charge in [0.25, 0.3) is 0 Å². The SMILES string of the molecule is CCc1cncn1C(C)(C)C. The summed E-state index contributed by atoms with van der Waals surface area (Å²) in [5.74, 6) is 0. The molecule has 62 valence electrons. The second-order valence-electron chi connectivity index (χ2n) is 3.78. The molecule has 0 unspecified atom stereocenters. The molecule has 2 heteroatoms. The van der Waals surface area contributed by atoms with Crippen LogP contribution in [0.3, 0.4) is 0 Å². The van der Waals surface area contributed by atoms with Crippen LogP contribution < -0.4 is 0 Å². The minimum atomic E-state index is 0.168. The second-order valence-corrected chi connectivity index (χ2v) is 3.78. The maximum atomic E-state index is 4.12. The number of aryl methyl sites for hydroxylation is 1. The molecule has 0 aliphatic heterocycles. The molecule has 0 radical (unpaired) electrons. The van der Waals surface area contributed by atoms with Crippen molar-refractivity contribution < 1.29 is 0 Å². The Morgan fingerprint density at radius 3 is 2.45 bits per heavy atom. The van der Waals surface area contributed by atoms with Crippen molar-refractivity contribution in [1.82, 2.24) is 9.55 Å². The van der Waals surface area contributed by atoms with Crippen molar-refractivity contribution in [3.63, 3.8) is 0 Å². The molecule has 0 atom stereocenters. The predicted molar refractivity (Wildman–Crippen MR) is 46.6 cm³/mol. The average Bonchev–Trinajstić information content (AvgIpc) is 2.31. The van der Waals surface area contributed by atoms with E-state index in [9.17, 15) is 0 Å². The summed E-state index contributed by atoms with van der Waals surface area (Å²) in [6.45, 7) is 8.72. The Morgan fingerprint density at radius 2 is 2.09 bits per heavy atom. The van der Waals surface area contributed by atoms with Crippen LogP contribution in [0, 0.1) is 0 Å². The first-order valence-corrected chi connectivity index (χ1v) is 4.07. The summed E-state index contributed by atoms with van der Waals surface area (Å²) in [5, 5.41) is 0. The molecule has 0 saturated heterocycles. The standard InChI is InChI=1S/C9H16N2/c1-5-8-6-10-7-11(8)9(2,3)4/h6-7H,5H2,1-4H3. The van der Waals surface area contributed by atoms with Gasteiger partial charge in [0.2, 0.25) is 0 Å². The zero-order valence-electron chi connectivity index (χ0n) is 7.76. The Labute approximate surface area is 68.3 Å². The molecule has 0 saturated carbocycles. The smallest absolute Gasteiger partial charge is 0.0953 e. The van der Waals surface area contributed by atoms with E-state index < -0.39 is 0 Å². The summed E-state index contributed by atoms with van der Waals surface area (Å²) < 4.78 is 2.22. The van der Waals surface area contributed by atoms with Crippen molar-refractivity contribution in [3.05, 3.63) is 18.2 Å². The predicted octanol–water partition coefficient (Wildman–Crippen LogP) is 2.20. The fraction of sp³-hybridized carbons (Fsp3) is 0.667. The van der Waals surface area contributed by atoms with Crippen LogP contribution in [0.4, 0.5) is 0 Å². The average molecular weight is 152 g/mol. The molecule has 0 spiro atoms. The molecular formula is C9H16N2. The first-order valence-electron chi connectivity index (χ1n) is 4.07.